The van der Waals surface area contributed by atoms with Crippen molar-refractivity contribution < 1.29 is 9.47 Å². The minimum Gasteiger partial charge on any atom is -0.381 e. The standard InChI is InChI=1S/C17H28N2O2S/c1-18(13-15-4-8-20-9-5-15)14-16(17-3-2-12-22-17)19-6-10-21-11-7-19/h2-3,12,15-16H,4-11,13-14H2,1H3/t16-/m1/s1. The fourth-order valence-corrected chi connectivity index (χ4v) is 4.35. The summed E-state index contributed by atoms with van der Waals surface area (Å²) in [6.07, 6.45) is 2.43. The smallest absolute Gasteiger partial charge is 0.0594 e. The fourth-order valence-electron chi connectivity index (χ4n) is 3.49. The van der Waals surface area contributed by atoms with Gasteiger partial charge in [-0.1, -0.05) is 6.07 Å². The number of morpholine rings is 1. The average molecular weight is 324 g/mol. The van der Waals surface area contributed by atoms with Crippen LogP contribution in [0.3, 0.4) is 0 Å². The summed E-state index contributed by atoms with van der Waals surface area (Å²) in [7, 11) is 2.27. The minimum atomic E-state index is 0.508. The van der Waals surface area contributed by atoms with Crippen molar-refractivity contribution in [2.24, 2.45) is 5.92 Å². The van der Waals surface area contributed by atoms with Crippen molar-refractivity contribution in [3.05, 3.63) is 22.4 Å². The average Bonchev–Trinajstić information content (AvgIpc) is 3.08. The molecule has 2 aliphatic rings. The number of thiophene rings is 1. The van der Waals surface area contributed by atoms with Crippen molar-refractivity contribution >= 4 is 11.3 Å². The van der Waals surface area contributed by atoms with Crippen LogP contribution in [0.2, 0.25) is 0 Å². The van der Waals surface area contributed by atoms with Crippen LogP contribution >= 0.6 is 11.3 Å². The van der Waals surface area contributed by atoms with Crippen LogP contribution in [0.5, 0.6) is 0 Å². The molecule has 5 heteroatoms. The Morgan fingerprint density at radius 3 is 2.64 bits per heavy atom. The summed E-state index contributed by atoms with van der Waals surface area (Å²) in [5.41, 5.74) is 0. The Bertz CT molecular complexity index is 414. The van der Waals surface area contributed by atoms with Crippen LogP contribution in [0.25, 0.3) is 0 Å². The highest BCUT2D eigenvalue weighted by Gasteiger charge is 2.25. The Labute approximate surface area is 138 Å². The van der Waals surface area contributed by atoms with Gasteiger partial charge in [-0.05, 0) is 37.3 Å². The summed E-state index contributed by atoms with van der Waals surface area (Å²) in [5, 5.41) is 2.20. The molecule has 0 N–H and O–H groups in total. The summed E-state index contributed by atoms with van der Waals surface area (Å²) < 4.78 is 11.0. The second-order valence-corrected chi connectivity index (χ2v) is 7.44. The Morgan fingerprint density at radius 1 is 1.23 bits per heavy atom. The quantitative estimate of drug-likeness (QED) is 0.803. The number of ether oxygens (including phenoxy) is 2. The summed E-state index contributed by atoms with van der Waals surface area (Å²) in [6, 6.07) is 4.97. The first-order valence-corrected chi connectivity index (χ1v) is 9.32. The third-order valence-electron chi connectivity index (χ3n) is 4.75. The Balaban J connectivity index is 1.59. The molecule has 0 unspecified atom stereocenters. The van der Waals surface area contributed by atoms with E-state index in [1.165, 1.54) is 24.3 Å². The van der Waals surface area contributed by atoms with Crippen LogP contribution in [0.4, 0.5) is 0 Å². The van der Waals surface area contributed by atoms with E-state index in [0.29, 0.717) is 6.04 Å². The predicted molar refractivity (Wildman–Crippen MR) is 90.5 cm³/mol. The molecule has 3 heterocycles. The van der Waals surface area contributed by atoms with E-state index in [2.05, 4.69) is 34.4 Å². The van der Waals surface area contributed by atoms with E-state index in [9.17, 15) is 0 Å². The maximum absolute atomic E-state index is 5.53. The van der Waals surface area contributed by atoms with E-state index < -0.39 is 0 Å². The van der Waals surface area contributed by atoms with Crippen molar-refractivity contribution in [3.8, 4) is 0 Å². The molecular weight excluding hydrogens is 296 g/mol. The SMILES string of the molecule is CN(CC1CCOCC1)C[C@H](c1cccs1)N1CCOCC1. The van der Waals surface area contributed by atoms with Crippen LogP contribution in [-0.2, 0) is 9.47 Å². The summed E-state index contributed by atoms with van der Waals surface area (Å²) >= 11 is 1.88. The molecule has 1 aromatic rings. The molecule has 1 aromatic heterocycles. The van der Waals surface area contributed by atoms with Crippen LogP contribution in [0.15, 0.2) is 17.5 Å². The van der Waals surface area contributed by atoms with Gasteiger partial charge in [-0.3, -0.25) is 4.90 Å². The molecule has 0 saturated carbocycles. The van der Waals surface area contributed by atoms with Gasteiger partial charge in [-0.25, -0.2) is 0 Å². The van der Waals surface area contributed by atoms with Gasteiger partial charge < -0.3 is 14.4 Å². The van der Waals surface area contributed by atoms with Gasteiger partial charge >= 0.3 is 0 Å². The van der Waals surface area contributed by atoms with Gasteiger partial charge in [0.1, 0.15) is 0 Å². The molecular formula is C17H28N2O2S. The van der Waals surface area contributed by atoms with Crippen LogP contribution in [0.1, 0.15) is 23.8 Å². The van der Waals surface area contributed by atoms with E-state index in [0.717, 1.165) is 52.0 Å². The topological polar surface area (TPSA) is 24.9 Å². The van der Waals surface area contributed by atoms with Crippen molar-refractivity contribution in [1.82, 2.24) is 9.80 Å². The maximum atomic E-state index is 5.53. The lowest BCUT2D eigenvalue weighted by molar-refractivity contribution is 0.00639. The van der Waals surface area contributed by atoms with Gasteiger partial charge in [0.25, 0.3) is 0 Å². The van der Waals surface area contributed by atoms with E-state index in [4.69, 9.17) is 9.47 Å². The van der Waals surface area contributed by atoms with Crippen LogP contribution < -0.4 is 0 Å². The van der Waals surface area contributed by atoms with Gasteiger partial charge in [0.05, 0.1) is 19.3 Å². The zero-order chi connectivity index (χ0) is 15.2. The number of rotatable bonds is 6. The van der Waals surface area contributed by atoms with Gasteiger partial charge in [-0.2, -0.15) is 0 Å². The molecule has 2 saturated heterocycles. The number of nitrogens with zero attached hydrogens (tertiary/aromatic N) is 2. The molecule has 2 fully saturated rings. The van der Waals surface area contributed by atoms with Crippen molar-refractivity contribution in [2.45, 2.75) is 18.9 Å². The highest BCUT2D eigenvalue weighted by molar-refractivity contribution is 7.10. The highest BCUT2D eigenvalue weighted by atomic mass is 32.1. The first-order chi connectivity index (χ1) is 10.8. The van der Waals surface area contributed by atoms with E-state index in [-0.39, 0.29) is 0 Å². The Kier molecular flexibility index (Phi) is 6.27. The Hall–Kier alpha value is -0.460. The van der Waals surface area contributed by atoms with Gasteiger partial charge in [0.15, 0.2) is 0 Å². The molecule has 2 aliphatic heterocycles. The van der Waals surface area contributed by atoms with E-state index >= 15 is 0 Å². The number of hydrogen-bond donors (Lipinski definition) is 0. The van der Waals surface area contributed by atoms with E-state index in [1.807, 2.05) is 11.3 Å². The first kappa shape index (κ1) is 16.4. The molecule has 0 aliphatic carbocycles. The zero-order valence-electron chi connectivity index (χ0n) is 13.6. The van der Waals surface area contributed by atoms with Crippen molar-refractivity contribution in [3.63, 3.8) is 0 Å². The molecule has 0 bridgehead atoms. The molecule has 4 nitrogen and oxygen atoms in total. The molecule has 0 spiro atoms. The number of likely N-dealkylation sites (N-methyl/N-ethyl adjacent to an activating group) is 1. The second kappa shape index (κ2) is 8.41. The summed E-state index contributed by atoms with van der Waals surface area (Å²) in [6.45, 7) is 8.01. The highest BCUT2D eigenvalue weighted by Crippen LogP contribution is 2.27. The molecule has 3 rings (SSSR count). The van der Waals surface area contributed by atoms with Gasteiger partial charge in [0, 0.05) is 44.3 Å². The molecule has 0 amide bonds. The largest absolute Gasteiger partial charge is 0.381 e. The van der Waals surface area contributed by atoms with Crippen molar-refractivity contribution in [2.75, 3.05) is 59.7 Å². The lowest BCUT2D eigenvalue weighted by atomic mass is 9.99. The fraction of sp³-hybridized carbons (Fsp3) is 0.765. The normalized spacial score (nSPS) is 23.0. The maximum Gasteiger partial charge on any atom is 0.0594 e. The van der Waals surface area contributed by atoms with Gasteiger partial charge in [-0.15, -0.1) is 11.3 Å². The second-order valence-electron chi connectivity index (χ2n) is 6.46. The molecule has 124 valence electrons. The lowest BCUT2D eigenvalue weighted by Gasteiger charge is -2.37. The minimum absolute atomic E-state index is 0.508. The monoisotopic (exact) mass is 324 g/mol. The first-order valence-electron chi connectivity index (χ1n) is 8.44. The van der Waals surface area contributed by atoms with Crippen LogP contribution in [-0.4, -0.2) is 69.5 Å². The molecule has 0 radical (unpaired) electrons. The summed E-state index contributed by atoms with van der Waals surface area (Å²) in [5.74, 6) is 0.799. The Morgan fingerprint density at radius 2 is 1.95 bits per heavy atom. The molecule has 0 aromatic carbocycles. The van der Waals surface area contributed by atoms with E-state index in [1.54, 1.807) is 0 Å². The van der Waals surface area contributed by atoms with Crippen molar-refractivity contribution in [1.29, 1.82) is 0 Å². The number of hydrogen-bond acceptors (Lipinski definition) is 5. The molecule has 1 atom stereocenters. The molecule has 22 heavy (non-hydrogen) atoms. The van der Waals surface area contributed by atoms with Gasteiger partial charge in [0.2, 0.25) is 0 Å². The summed E-state index contributed by atoms with van der Waals surface area (Å²) in [4.78, 5) is 6.60. The predicted octanol–water partition coefficient (Wildman–Crippen LogP) is 2.48. The van der Waals surface area contributed by atoms with Crippen LogP contribution in [0, 0.1) is 5.92 Å². The zero-order valence-corrected chi connectivity index (χ0v) is 14.4. The third kappa shape index (κ3) is 4.52. The lowest BCUT2D eigenvalue weighted by Crippen LogP contribution is -2.43. The third-order valence-corrected chi connectivity index (χ3v) is 5.73.